The van der Waals surface area contributed by atoms with Crippen molar-refractivity contribution < 1.29 is 19.4 Å². The van der Waals surface area contributed by atoms with Gasteiger partial charge in [-0.3, -0.25) is 0 Å². The molecule has 5 heteroatoms. The van der Waals surface area contributed by atoms with Crippen molar-refractivity contribution in [1.29, 1.82) is 0 Å². The molecule has 2 aromatic carbocycles. The van der Waals surface area contributed by atoms with E-state index >= 15 is 0 Å². The van der Waals surface area contributed by atoms with Gasteiger partial charge >= 0.3 is 6.16 Å². The van der Waals surface area contributed by atoms with Crippen molar-refractivity contribution >= 4 is 17.1 Å². The smallest absolute Gasteiger partial charge is 0.487 e. The maximum atomic E-state index is 11.1. The van der Waals surface area contributed by atoms with Gasteiger partial charge in [-0.05, 0) is 42.7 Å². The summed E-state index contributed by atoms with van der Waals surface area (Å²) in [6.45, 7) is 0.377. The number of carboxylic acid groups (broad SMARTS) is 1. The van der Waals surface area contributed by atoms with Crippen LogP contribution in [0.15, 0.2) is 60.7 Å². The van der Waals surface area contributed by atoms with Crippen LogP contribution in [0.4, 0.5) is 4.79 Å². The molecular formula is C23H23NO4. The molecule has 1 fully saturated rings. The Morgan fingerprint density at radius 2 is 1.79 bits per heavy atom. The molecular weight excluding hydrogens is 354 g/mol. The molecule has 144 valence electrons. The van der Waals surface area contributed by atoms with E-state index in [0.717, 1.165) is 53.6 Å². The topological polar surface area (TPSA) is 68.7 Å². The Bertz CT molecular complexity index is 948. The predicted octanol–water partition coefficient (Wildman–Crippen LogP) is 5.74. The molecule has 0 saturated heterocycles. The zero-order valence-electron chi connectivity index (χ0n) is 15.6. The van der Waals surface area contributed by atoms with Gasteiger partial charge in [-0.2, -0.15) is 0 Å². The van der Waals surface area contributed by atoms with Crippen molar-refractivity contribution in [3.63, 3.8) is 0 Å². The lowest BCUT2D eigenvalue weighted by atomic mass is 9.94. The minimum atomic E-state index is -1.22. The summed E-state index contributed by atoms with van der Waals surface area (Å²) in [5.74, 6) is 0.976. The SMILES string of the molecule is O=C(O)O[C@@H](c1ccc(OCc2ccc3ccccc3n2)cc1)C1CCCC1. The molecule has 5 nitrogen and oxygen atoms in total. The van der Waals surface area contributed by atoms with E-state index in [1.807, 2.05) is 60.7 Å². The minimum absolute atomic E-state index is 0.254. The normalized spacial score (nSPS) is 15.4. The Labute approximate surface area is 163 Å². The highest BCUT2D eigenvalue weighted by molar-refractivity contribution is 5.78. The lowest BCUT2D eigenvalue weighted by Crippen LogP contribution is -2.16. The summed E-state index contributed by atoms with van der Waals surface area (Å²) in [6.07, 6.45) is 2.64. The van der Waals surface area contributed by atoms with Crippen LogP contribution >= 0.6 is 0 Å². The quantitative estimate of drug-likeness (QED) is 0.555. The number of hydrogen-bond donors (Lipinski definition) is 1. The standard InChI is InChI=1S/C23H23NO4/c25-23(26)28-22(17-6-1-2-7-17)18-10-13-20(14-11-18)27-15-19-12-9-16-5-3-4-8-21(16)24-19/h3-5,8-14,17,22H,1-2,6-7,15H2,(H,25,26)/t22-/m1/s1. The van der Waals surface area contributed by atoms with Gasteiger partial charge in [0.15, 0.2) is 0 Å². The molecule has 28 heavy (non-hydrogen) atoms. The molecule has 0 radical (unpaired) electrons. The number of rotatable bonds is 6. The second-order valence-corrected chi connectivity index (χ2v) is 7.20. The average Bonchev–Trinajstić information content (AvgIpc) is 3.25. The maximum absolute atomic E-state index is 11.1. The Morgan fingerprint density at radius 1 is 1.04 bits per heavy atom. The first-order chi connectivity index (χ1) is 13.7. The third-order valence-corrected chi connectivity index (χ3v) is 5.31. The molecule has 0 aliphatic heterocycles. The first kappa shape index (κ1) is 18.3. The Balaban J connectivity index is 1.43. The lowest BCUT2D eigenvalue weighted by Gasteiger charge is -2.22. The molecule has 0 amide bonds. The number of pyridine rings is 1. The highest BCUT2D eigenvalue weighted by Gasteiger charge is 2.29. The monoisotopic (exact) mass is 377 g/mol. The summed E-state index contributed by atoms with van der Waals surface area (Å²) in [5, 5.41) is 10.2. The summed E-state index contributed by atoms with van der Waals surface area (Å²) in [4.78, 5) is 15.7. The largest absolute Gasteiger partial charge is 0.506 e. The van der Waals surface area contributed by atoms with Crippen LogP contribution in [0.3, 0.4) is 0 Å². The first-order valence-electron chi connectivity index (χ1n) is 9.66. The summed E-state index contributed by atoms with van der Waals surface area (Å²) < 4.78 is 11.1. The molecule has 0 spiro atoms. The second kappa shape index (κ2) is 8.30. The van der Waals surface area contributed by atoms with E-state index in [1.165, 1.54) is 0 Å². The van der Waals surface area contributed by atoms with Crippen LogP contribution in [0.2, 0.25) is 0 Å². The van der Waals surface area contributed by atoms with E-state index in [0.29, 0.717) is 6.61 Å². The van der Waals surface area contributed by atoms with E-state index in [2.05, 4.69) is 4.98 Å². The Kier molecular flexibility index (Phi) is 5.42. The molecule has 0 bridgehead atoms. The fraction of sp³-hybridized carbons (Fsp3) is 0.304. The molecule has 1 saturated carbocycles. The van der Waals surface area contributed by atoms with Crippen molar-refractivity contribution in [2.75, 3.05) is 0 Å². The molecule has 1 aliphatic rings. The first-order valence-corrected chi connectivity index (χ1v) is 9.66. The number of ether oxygens (including phenoxy) is 2. The molecule has 4 rings (SSSR count). The van der Waals surface area contributed by atoms with E-state index in [-0.39, 0.29) is 5.92 Å². The van der Waals surface area contributed by atoms with Gasteiger partial charge in [-0.15, -0.1) is 0 Å². The van der Waals surface area contributed by atoms with E-state index in [9.17, 15) is 4.79 Å². The van der Waals surface area contributed by atoms with E-state index in [4.69, 9.17) is 14.6 Å². The number of hydrogen-bond acceptors (Lipinski definition) is 4. The minimum Gasteiger partial charge on any atom is -0.487 e. The average molecular weight is 377 g/mol. The van der Waals surface area contributed by atoms with Crippen LogP contribution in [0.1, 0.15) is 43.0 Å². The van der Waals surface area contributed by atoms with Crippen molar-refractivity contribution in [3.8, 4) is 5.75 Å². The van der Waals surface area contributed by atoms with Gasteiger partial charge < -0.3 is 14.6 Å². The van der Waals surface area contributed by atoms with Gasteiger partial charge in [0.1, 0.15) is 18.5 Å². The molecule has 1 N–H and O–H groups in total. The van der Waals surface area contributed by atoms with Crippen molar-refractivity contribution in [2.24, 2.45) is 5.92 Å². The van der Waals surface area contributed by atoms with Gasteiger partial charge in [0, 0.05) is 11.3 Å². The summed E-state index contributed by atoms with van der Waals surface area (Å²) in [6, 6.07) is 19.5. The number of para-hydroxylation sites is 1. The third kappa shape index (κ3) is 4.25. The summed E-state index contributed by atoms with van der Waals surface area (Å²) in [5.41, 5.74) is 2.69. The molecule has 1 atom stereocenters. The van der Waals surface area contributed by atoms with Crippen LogP contribution in [-0.4, -0.2) is 16.2 Å². The van der Waals surface area contributed by atoms with Gasteiger partial charge in [0.2, 0.25) is 0 Å². The predicted molar refractivity (Wildman–Crippen MR) is 106 cm³/mol. The van der Waals surface area contributed by atoms with Crippen LogP contribution in [-0.2, 0) is 11.3 Å². The van der Waals surface area contributed by atoms with Gasteiger partial charge in [-0.1, -0.05) is 49.2 Å². The second-order valence-electron chi connectivity index (χ2n) is 7.20. The summed E-state index contributed by atoms with van der Waals surface area (Å²) in [7, 11) is 0. The van der Waals surface area contributed by atoms with Crippen molar-refractivity contribution in [1.82, 2.24) is 4.98 Å². The zero-order valence-corrected chi connectivity index (χ0v) is 15.6. The van der Waals surface area contributed by atoms with Crippen LogP contribution in [0.25, 0.3) is 10.9 Å². The molecule has 1 aliphatic carbocycles. The number of carbonyl (C=O) groups is 1. The molecule has 1 aromatic heterocycles. The van der Waals surface area contributed by atoms with Crippen LogP contribution < -0.4 is 4.74 Å². The van der Waals surface area contributed by atoms with Crippen molar-refractivity contribution in [3.05, 3.63) is 71.9 Å². The van der Waals surface area contributed by atoms with Gasteiger partial charge in [0.05, 0.1) is 11.2 Å². The molecule has 3 aromatic rings. The number of fused-ring (bicyclic) bond motifs is 1. The van der Waals surface area contributed by atoms with Crippen LogP contribution in [0.5, 0.6) is 5.75 Å². The highest BCUT2D eigenvalue weighted by atomic mass is 16.7. The number of aromatic nitrogens is 1. The lowest BCUT2D eigenvalue weighted by molar-refractivity contribution is 0.0246. The zero-order chi connectivity index (χ0) is 19.3. The number of benzene rings is 2. The maximum Gasteiger partial charge on any atom is 0.506 e. The fourth-order valence-electron chi connectivity index (χ4n) is 3.90. The molecule has 1 heterocycles. The van der Waals surface area contributed by atoms with Crippen molar-refractivity contribution in [2.45, 2.75) is 38.4 Å². The summed E-state index contributed by atoms with van der Waals surface area (Å²) >= 11 is 0. The number of nitrogens with zero attached hydrogens (tertiary/aromatic N) is 1. The fourth-order valence-corrected chi connectivity index (χ4v) is 3.90. The highest BCUT2D eigenvalue weighted by Crippen LogP contribution is 2.38. The van der Waals surface area contributed by atoms with Crippen LogP contribution in [0, 0.1) is 5.92 Å². The Hall–Kier alpha value is -3.08. The van der Waals surface area contributed by atoms with E-state index < -0.39 is 12.3 Å². The van der Waals surface area contributed by atoms with Gasteiger partial charge in [-0.25, -0.2) is 9.78 Å². The Morgan fingerprint density at radius 3 is 2.54 bits per heavy atom. The van der Waals surface area contributed by atoms with Gasteiger partial charge in [0.25, 0.3) is 0 Å². The molecule has 0 unspecified atom stereocenters. The van der Waals surface area contributed by atoms with E-state index in [1.54, 1.807) is 0 Å². The third-order valence-electron chi connectivity index (χ3n) is 5.31.